The standard InChI is InChI=1S/C20H22ClFN2O4S/c21-15-4-1-6-17(10-15)28-14-20(12-19(23)25)8-3-9-24(13-20)29(26,27)18-7-2-5-16(22)11-18/h1-2,4-7,10-11H,3,8-9,12-14H2,(H2,23,25)/t20-/m1/s1. The number of halogens is 2. The number of ether oxygens (including phenoxy) is 1. The summed E-state index contributed by atoms with van der Waals surface area (Å²) < 4.78 is 46.7. The van der Waals surface area contributed by atoms with Crippen LogP contribution >= 0.6 is 11.6 Å². The average Bonchev–Trinajstić information content (AvgIpc) is 2.66. The number of nitrogens with zero attached hydrogens (tertiary/aromatic N) is 1. The van der Waals surface area contributed by atoms with E-state index < -0.39 is 27.2 Å². The van der Waals surface area contributed by atoms with Crippen LogP contribution in [0.1, 0.15) is 19.3 Å². The third-order valence-corrected chi connectivity index (χ3v) is 7.03. The minimum Gasteiger partial charge on any atom is -0.493 e. The zero-order chi connectivity index (χ0) is 21.1. The van der Waals surface area contributed by atoms with Crippen LogP contribution in [0.25, 0.3) is 0 Å². The first-order chi connectivity index (χ1) is 13.7. The van der Waals surface area contributed by atoms with Gasteiger partial charge >= 0.3 is 0 Å². The van der Waals surface area contributed by atoms with Crippen molar-refractivity contribution in [2.24, 2.45) is 11.1 Å². The summed E-state index contributed by atoms with van der Waals surface area (Å²) in [6, 6.07) is 11.7. The van der Waals surface area contributed by atoms with E-state index in [2.05, 4.69) is 0 Å². The Hall–Kier alpha value is -2.16. The third-order valence-electron chi connectivity index (χ3n) is 4.95. The first kappa shape index (κ1) is 21.5. The second kappa shape index (κ2) is 8.69. The lowest BCUT2D eigenvalue weighted by Gasteiger charge is -2.41. The number of primary amides is 1. The van der Waals surface area contributed by atoms with E-state index in [1.54, 1.807) is 24.3 Å². The lowest BCUT2D eigenvalue weighted by molar-refractivity contribution is -0.121. The molecule has 3 rings (SSSR count). The van der Waals surface area contributed by atoms with Crippen LogP contribution in [0.5, 0.6) is 5.75 Å². The number of sulfonamides is 1. The third kappa shape index (κ3) is 5.26. The van der Waals surface area contributed by atoms with Crippen LogP contribution in [0.15, 0.2) is 53.4 Å². The van der Waals surface area contributed by atoms with Crippen LogP contribution in [-0.4, -0.2) is 38.3 Å². The van der Waals surface area contributed by atoms with Crippen LogP contribution in [0.4, 0.5) is 4.39 Å². The number of piperidine rings is 1. The van der Waals surface area contributed by atoms with Crippen molar-refractivity contribution in [1.82, 2.24) is 4.31 Å². The summed E-state index contributed by atoms with van der Waals surface area (Å²) in [6.45, 7) is 0.428. The van der Waals surface area contributed by atoms with E-state index in [1.807, 2.05) is 0 Å². The molecule has 0 spiro atoms. The molecule has 2 aromatic rings. The van der Waals surface area contributed by atoms with Crippen molar-refractivity contribution in [2.75, 3.05) is 19.7 Å². The zero-order valence-electron chi connectivity index (χ0n) is 15.7. The number of carbonyl (C=O) groups is 1. The number of hydrogen-bond acceptors (Lipinski definition) is 4. The number of nitrogens with two attached hydrogens (primary N) is 1. The Bertz CT molecular complexity index is 1000. The van der Waals surface area contributed by atoms with Gasteiger partial charge in [0.15, 0.2) is 0 Å². The Morgan fingerprint density at radius 2 is 2.00 bits per heavy atom. The SMILES string of the molecule is NC(=O)C[C@]1(COc2cccc(Cl)c2)CCCN(S(=O)(=O)c2cccc(F)c2)C1. The summed E-state index contributed by atoms with van der Waals surface area (Å²) in [5, 5.41) is 0.505. The highest BCUT2D eigenvalue weighted by Gasteiger charge is 2.42. The van der Waals surface area contributed by atoms with E-state index in [9.17, 15) is 17.6 Å². The smallest absolute Gasteiger partial charge is 0.243 e. The maximum absolute atomic E-state index is 13.6. The van der Waals surface area contributed by atoms with Crippen LogP contribution in [0.3, 0.4) is 0 Å². The minimum absolute atomic E-state index is 0.0251. The Kier molecular flexibility index (Phi) is 6.45. The van der Waals surface area contributed by atoms with E-state index in [4.69, 9.17) is 22.1 Å². The van der Waals surface area contributed by atoms with Crippen molar-refractivity contribution in [3.8, 4) is 5.75 Å². The van der Waals surface area contributed by atoms with Gasteiger partial charge in [-0.15, -0.1) is 0 Å². The average molecular weight is 441 g/mol. The summed E-state index contributed by atoms with van der Waals surface area (Å²) >= 11 is 5.98. The van der Waals surface area contributed by atoms with Crippen LogP contribution in [0.2, 0.25) is 5.02 Å². The normalized spacial score (nSPS) is 20.3. The molecule has 156 valence electrons. The molecule has 1 saturated heterocycles. The summed E-state index contributed by atoms with van der Waals surface area (Å²) in [4.78, 5) is 11.6. The molecule has 0 aromatic heterocycles. The highest BCUT2D eigenvalue weighted by atomic mass is 35.5. The van der Waals surface area contributed by atoms with Gasteiger partial charge in [-0.1, -0.05) is 23.7 Å². The van der Waals surface area contributed by atoms with Gasteiger partial charge < -0.3 is 10.5 Å². The fraction of sp³-hybridized carbons (Fsp3) is 0.350. The molecule has 1 amide bonds. The molecule has 0 bridgehead atoms. The van der Waals surface area contributed by atoms with E-state index in [0.717, 1.165) is 6.07 Å². The topological polar surface area (TPSA) is 89.7 Å². The monoisotopic (exact) mass is 440 g/mol. The summed E-state index contributed by atoms with van der Waals surface area (Å²) in [5.41, 5.74) is 4.67. The molecule has 1 heterocycles. The van der Waals surface area contributed by atoms with Gasteiger partial charge in [0.25, 0.3) is 0 Å². The van der Waals surface area contributed by atoms with Gasteiger partial charge in [0.2, 0.25) is 15.9 Å². The van der Waals surface area contributed by atoms with Gasteiger partial charge in [-0.3, -0.25) is 4.79 Å². The summed E-state index contributed by atoms with van der Waals surface area (Å²) in [5.74, 6) is -0.646. The molecule has 1 fully saturated rings. The van der Waals surface area contributed by atoms with Gasteiger partial charge in [-0.25, -0.2) is 12.8 Å². The van der Waals surface area contributed by atoms with Gasteiger partial charge in [-0.2, -0.15) is 4.31 Å². The molecule has 6 nitrogen and oxygen atoms in total. The predicted molar refractivity (Wildman–Crippen MR) is 108 cm³/mol. The fourth-order valence-corrected chi connectivity index (χ4v) is 5.42. The van der Waals surface area contributed by atoms with Gasteiger partial charge in [0.1, 0.15) is 11.6 Å². The molecule has 2 aromatic carbocycles. The van der Waals surface area contributed by atoms with Crippen molar-refractivity contribution in [3.05, 3.63) is 59.4 Å². The first-order valence-electron chi connectivity index (χ1n) is 9.13. The zero-order valence-corrected chi connectivity index (χ0v) is 17.3. The highest BCUT2D eigenvalue weighted by Crippen LogP contribution is 2.37. The maximum atomic E-state index is 13.6. The molecule has 2 N–H and O–H groups in total. The molecule has 1 aliphatic heterocycles. The molecular formula is C20H22ClFN2O4S. The Balaban J connectivity index is 1.84. The Labute approximate surface area is 174 Å². The lowest BCUT2D eigenvalue weighted by Crippen LogP contribution is -2.50. The first-order valence-corrected chi connectivity index (χ1v) is 10.9. The second-order valence-corrected chi connectivity index (χ2v) is 9.66. The molecule has 0 radical (unpaired) electrons. The van der Waals surface area contributed by atoms with E-state index in [0.29, 0.717) is 23.6 Å². The van der Waals surface area contributed by atoms with E-state index >= 15 is 0 Å². The Morgan fingerprint density at radius 1 is 1.24 bits per heavy atom. The summed E-state index contributed by atoms with van der Waals surface area (Å²) in [7, 11) is -3.92. The summed E-state index contributed by atoms with van der Waals surface area (Å²) in [6.07, 6.45) is 1.08. The van der Waals surface area contributed by atoms with Crippen molar-refractivity contribution >= 4 is 27.5 Å². The van der Waals surface area contributed by atoms with Crippen LogP contribution in [-0.2, 0) is 14.8 Å². The van der Waals surface area contributed by atoms with Gasteiger partial charge in [0.05, 0.1) is 11.5 Å². The minimum atomic E-state index is -3.92. The van der Waals surface area contributed by atoms with Crippen molar-refractivity contribution in [3.63, 3.8) is 0 Å². The maximum Gasteiger partial charge on any atom is 0.243 e. The molecule has 0 unspecified atom stereocenters. The largest absolute Gasteiger partial charge is 0.493 e. The number of amides is 1. The van der Waals surface area contributed by atoms with Gasteiger partial charge in [0, 0.05) is 29.9 Å². The van der Waals surface area contributed by atoms with Crippen LogP contribution < -0.4 is 10.5 Å². The molecule has 9 heteroatoms. The molecule has 1 aliphatic rings. The molecule has 29 heavy (non-hydrogen) atoms. The fourth-order valence-electron chi connectivity index (χ4n) is 3.62. The lowest BCUT2D eigenvalue weighted by atomic mass is 9.78. The highest BCUT2D eigenvalue weighted by molar-refractivity contribution is 7.89. The number of benzene rings is 2. The van der Waals surface area contributed by atoms with Crippen molar-refractivity contribution in [1.29, 1.82) is 0 Å². The molecule has 0 aliphatic carbocycles. The van der Waals surface area contributed by atoms with Gasteiger partial charge in [-0.05, 0) is 49.2 Å². The number of rotatable bonds is 7. The van der Waals surface area contributed by atoms with E-state index in [1.165, 1.54) is 22.5 Å². The Morgan fingerprint density at radius 3 is 2.69 bits per heavy atom. The van der Waals surface area contributed by atoms with Crippen molar-refractivity contribution < 1.29 is 22.3 Å². The molecule has 0 saturated carbocycles. The number of hydrogen-bond donors (Lipinski definition) is 1. The van der Waals surface area contributed by atoms with Crippen LogP contribution in [0, 0.1) is 11.2 Å². The predicted octanol–water partition coefficient (Wildman–Crippen LogP) is 3.20. The molecule has 1 atom stereocenters. The number of carbonyl (C=O) groups excluding carboxylic acids is 1. The molecular weight excluding hydrogens is 419 g/mol. The van der Waals surface area contributed by atoms with Crippen molar-refractivity contribution in [2.45, 2.75) is 24.2 Å². The quantitative estimate of drug-likeness (QED) is 0.715. The second-order valence-electron chi connectivity index (χ2n) is 7.29. The van der Waals surface area contributed by atoms with E-state index in [-0.39, 0.29) is 31.0 Å².